The summed E-state index contributed by atoms with van der Waals surface area (Å²) in [5.74, 6) is -0.910. The van der Waals surface area contributed by atoms with Gasteiger partial charge in [0.15, 0.2) is 6.61 Å². The first-order chi connectivity index (χ1) is 13.7. The molecule has 0 spiro atoms. The van der Waals surface area contributed by atoms with Gasteiger partial charge in [-0.3, -0.25) is 4.79 Å². The predicted octanol–water partition coefficient (Wildman–Crippen LogP) is 3.29. The van der Waals surface area contributed by atoms with Crippen LogP contribution in [-0.2, 0) is 19.6 Å². The third-order valence-corrected chi connectivity index (χ3v) is 7.52. The molecule has 0 heterocycles. The smallest absolute Gasteiger partial charge is 0.340 e. The number of halogens is 2. The Bertz CT molecular complexity index is 902. The van der Waals surface area contributed by atoms with Crippen molar-refractivity contribution >= 4 is 45.1 Å². The highest BCUT2D eigenvalue weighted by atomic mass is 35.5. The van der Waals surface area contributed by atoms with E-state index in [2.05, 4.69) is 17.0 Å². The highest BCUT2D eigenvalue weighted by Gasteiger charge is 2.31. The molecule has 0 radical (unpaired) electrons. The van der Waals surface area contributed by atoms with Crippen LogP contribution in [0.2, 0.25) is 10.0 Å². The maximum atomic E-state index is 12.5. The monoisotopic (exact) mass is 462 g/mol. The fraction of sp³-hybridized carbons (Fsp3) is 0.579. The van der Waals surface area contributed by atoms with Crippen LogP contribution in [0.25, 0.3) is 0 Å². The lowest BCUT2D eigenvalue weighted by molar-refractivity contribution is -0.125. The SMILES string of the molecule is C[C@@H]1CCCC[C@@H]1NC(=O)COC(=O)c1cc(S(=O)(=O)NC2CC2)c(Cl)cc1Cl. The minimum atomic E-state index is -3.88. The van der Waals surface area contributed by atoms with Gasteiger partial charge in [0, 0.05) is 12.1 Å². The Kier molecular flexibility index (Phi) is 7.09. The molecule has 0 bridgehead atoms. The number of carbonyl (C=O) groups is 2. The van der Waals surface area contributed by atoms with Gasteiger partial charge in [-0.15, -0.1) is 0 Å². The third kappa shape index (κ3) is 5.84. The largest absolute Gasteiger partial charge is 0.452 e. The second-order valence-corrected chi connectivity index (χ2v) is 10.2. The van der Waals surface area contributed by atoms with Crippen molar-refractivity contribution < 1.29 is 22.7 Å². The molecule has 2 saturated carbocycles. The number of benzene rings is 1. The van der Waals surface area contributed by atoms with Crippen molar-refractivity contribution in [2.24, 2.45) is 5.92 Å². The molecule has 10 heteroatoms. The number of amides is 1. The van der Waals surface area contributed by atoms with Crippen molar-refractivity contribution in [1.82, 2.24) is 10.0 Å². The summed E-state index contributed by atoms with van der Waals surface area (Å²) in [5, 5.41) is 2.74. The molecule has 2 aliphatic carbocycles. The molecule has 1 aromatic rings. The molecule has 0 aromatic heterocycles. The van der Waals surface area contributed by atoms with E-state index in [4.69, 9.17) is 27.9 Å². The van der Waals surface area contributed by atoms with E-state index >= 15 is 0 Å². The van der Waals surface area contributed by atoms with E-state index in [1.807, 2.05) is 0 Å². The minimum Gasteiger partial charge on any atom is -0.452 e. The van der Waals surface area contributed by atoms with Gasteiger partial charge in [-0.2, -0.15) is 0 Å². The molecule has 29 heavy (non-hydrogen) atoms. The van der Waals surface area contributed by atoms with Crippen molar-refractivity contribution in [2.75, 3.05) is 6.61 Å². The van der Waals surface area contributed by atoms with Crippen molar-refractivity contribution in [3.63, 3.8) is 0 Å². The number of hydrogen-bond donors (Lipinski definition) is 2. The second kappa shape index (κ2) is 9.20. The van der Waals surface area contributed by atoms with Crippen molar-refractivity contribution in [2.45, 2.75) is 62.4 Å². The summed E-state index contributed by atoms with van der Waals surface area (Å²) in [6.07, 6.45) is 5.68. The summed E-state index contributed by atoms with van der Waals surface area (Å²) in [4.78, 5) is 24.3. The molecule has 2 N–H and O–H groups in total. The van der Waals surface area contributed by atoms with E-state index in [1.54, 1.807) is 0 Å². The molecule has 3 rings (SSSR count). The fourth-order valence-corrected chi connectivity index (χ4v) is 5.52. The molecule has 0 aliphatic heterocycles. The van der Waals surface area contributed by atoms with Gasteiger partial charge in [-0.1, -0.05) is 43.0 Å². The van der Waals surface area contributed by atoms with E-state index in [-0.39, 0.29) is 32.6 Å². The molecule has 1 aromatic carbocycles. The Labute approximate surface area is 180 Å². The van der Waals surface area contributed by atoms with E-state index in [0.717, 1.165) is 44.6 Å². The Hall–Kier alpha value is -1.35. The second-order valence-electron chi connectivity index (χ2n) is 7.67. The van der Waals surface area contributed by atoms with Crippen LogP contribution in [0.4, 0.5) is 0 Å². The normalized spacial score (nSPS) is 22.2. The highest BCUT2D eigenvalue weighted by molar-refractivity contribution is 7.89. The number of ether oxygens (including phenoxy) is 1. The van der Waals surface area contributed by atoms with E-state index in [0.29, 0.717) is 5.92 Å². The van der Waals surface area contributed by atoms with E-state index < -0.39 is 28.5 Å². The zero-order valence-corrected chi connectivity index (χ0v) is 18.4. The molecule has 7 nitrogen and oxygen atoms in total. The number of carbonyl (C=O) groups excluding carboxylic acids is 2. The summed E-state index contributed by atoms with van der Waals surface area (Å²) in [5.41, 5.74) is -0.161. The van der Waals surface area contributed by atoms with Crippen LogP contribution in [0.15, 0.2) is 17.0 Å². The number of rotatable bonds is 7. The first-order valence-corrected chi connectivity index (χ1v) is 11.9. The number of nitrogens with one attached hydrogen (secondary N) is 2. The van der Waals surface area contributed by atoms with Gasteiger partial charge in [-0.05, 0) is 43.7 Å². The van der Waals surface area contributed by atoms with Crippen LogP contribution >= 0.6 is 23.2 Å². The summed E-state index contributed by atoms with van der Waals surface area (Å²) < 4.78 is 32.5. The zero-order valence-electron chi connectivity index (χ0n) is 16.0. The van der Waals surface area contributed by atoms with Gasteiger partial charge in [0.25, 0.3) is 5.91 Å². The summed E-state index contributed by atoms with van der Waals surface area (Å²) in [6.45, 7) is 1.62. The van der Waals surface area contributed by atoms with Crippen LogP contribution in [0.5, 0.6) is 0 Å². The summed E-state index contributed by atoms with van der Waals surface area (Å²) in [6, 6.07) is 2.22. The molecule has 2 atom stereocenters. The van der Waals surface area contributed by atoms with Crippen molar-refractivity contribution in [3.05, 3.63) is 27.7 Å². The van der Waals surface area contributed by atoms with Crippen LogP contribution < -0.4 is 10.0 Å². The van der Waals surface area contributed by atoms with Gasteiger partial charge in [-0.25, -0.2) is 17.9 Å². The molecule has 2 fully saturated rings. The predicted molar refractivity (Wildman–Crippen MR) is 110 cm³/mol. The standard InChI is InChI=1S/C19H24Cl2N2O5S/c1-11-4-2-3-5-16(11)22-18(24)10-28-19(25)13-8-17(15(21)9-14(13)20)29(26,27)23-12-6-7-12/h8-9,11-12,16,23H,2-7,10H2,1H3,(H,22,24)/t11-,16+/m1/s1. The lowest BCUT2D eigenvalue weighted by Crippen LogP contribution is -2.42. The van der Waals surface area contributed by atoms with Gasteiger partial charge in [0.2, 0.25) is 10.0 Å². The molecule has 0 saturated heterocycles. The molecule has 1 amide bonds. The number of hydrogen-bond acceptors (Lipinski definition) is 5. The quantitative estimate of drug-likeness (QED) is 0.605. The van der Waals surface area contributed by atoms with Crippen LogP contribution in [0.1, 0.15) is 55.8 Å². The minimum absolute atomic E-state index is 0.0494. The highest BCUT2D eigenvalue weighted by Crippen LogP contribution is 2.31. The number of esters is 1. The maximum absolute atomic E-state index is 12.5. The summed E-state index contributed by atoms with van der Waals surface area (Å²) >= 11 is 12.1. The van der Waals surface area contributed by atoms with Gasteiger partial charge >= 0.3 is 5.97 Å². The average molecular weight is 463 g/mol. The first kappa shape index (κ1) is 22.3. The van der Waals surface area contributed by atoms with Crippen LogP contribution in [0.3, 0.4) is 0 Å². The van der Waals surface area contributed by atoms with Gasteiger partial charge < -0.3 is 10.1 Å². The lowest BCUT2D eigenvalue weighted by Gasteiger charge is -2.29. The summed E-state index contributed by atoms with van der Waals surface area (Å²) in [7, 11) is -3.88. The number of sulfonamides is 1. The maximum Gasteiger partial charge on any atom is 0.340 e. The Morgan fingerprint density at radius 3 is 2.45 bits per heavy atom. The van der Waals surface area contributed by atoms with Crippen LogP contribution in [0, 0.1) is 5.92 Å². The lowest BCUT2D eigenvalue weighted by atomic mass is 9.86. The van der Waals surface area contributed by atoms with Crippen molar-refractivity contribution in [3.8, 4) is 0 Å². The van der Waals surface area contributed by atoms with Crippen molar-refractivity contribution in [1.29, 1.82) is 0 Å². The topological polar surface area (TPSA) is 102 Å². The molecule has 2 aliphatic rings. The molecular formula is C19H24Cl2N2O5S. The molecular weight excluding hydrogens is 439 g/mol. The molecule has 0 unspecified atom stereocenters. The van der Waals surface area contributed by atoms with E-state index in [1.165, 1.54) is 6.07 Å². The van der Waals surface area contributed by atoms with Crippen LogP contribution in [-0.4, -0.2) is 39.0 Å². The Morgan fingerprint density at radius 1 is 1.10 bits per heavy atom. The Morgan fingerprint density at radius 2 is 1.79 bits per heavy atom. The van der Waals surface area contributed by atoms with E-state index in [9.17, 15) is 18.0 Å². The van der Waals surface area contributed by atoms with Gasteiger partial charge in [0.1, 0.15) is 4.90 Å². The average Bonchev–Trinajstić information content (AvgIpc) is 3.44. The Balaban J connectivity index is 1.65. The fourth-order valence-electron chi connectivity index (χ4n) is 3.36. The zero-order chi connectivity index (χ0) is 21.2. The molecule has 160 valence electrons. The third-order valence-electron chi connectivity index (χ3n) is 5.22. The van der Waals surface area contributed by atoms with Gasteiger partial charge in [0.05, 0.1) is 15.6 Å². The first-order valence-electron chi connectivity index (χ1n) is 9.65.